The first-order valence-electron chi connectivity index (χ1n) is 7.99. The molecule has 2 unspecified atom stereocenters. The van der Waals surface area contributed by atoms with Gasteiger partial charge in [-0.2, -0.15) is 4.31 Å². The molecule has 0 aromatic carbocycles. The summed E-state index contributed by atoms with van der Waals surface area (Å²) in [6.07, 6.45) is 1.25. The predicted octanol–water partition coefficient (Wildman–Crippen LogP) is 0.651. The van der Waals surface area contributed by atoms with E-state index in [0.29, 0.717) is 18.8 Å². The molecule has 0 aliphatic carbocycles. The van der Waals surface area contributed by atoms with Gasteiger partial charge in [0.15, 0.2) is 0 Å². The molecule has 9 nitrogen and oxygen atoms in total. The SMILES string of the molecule is COc1ncccc1NC(=O)NCCS(=O)(=O)N1CC(C)OC(C)C1. The van der Waals surface area contributed by atoms with Gasteiger partial charge in [0.2, 0.25) is 15.9 Å². The van der Waals surface area contributed by atoms with Gasteiger partial charge < -0.3 is 20.1 Å². The van der Waals surface area contributed by atoms with Gasteiger partial charge in [-0.05, 0) is 26.0 Å². The Hall–Kier alpha value is -1.91. The number of methoxy groups -OCH3 is 1. The molecule has 2 N–H and O–H groups in total. The molecule has 1 fully saturated rings. The molecule has 140 valence electrons. The summed E-state index contributed by atoms with van der Waals surface area (Å²) in [5.74, 6) is 0.103. The van der Waals surface area contributed by atoms with Crippen LogP contribution in [0, 0.1) is 0 Å². The van der Waals surface area contributed by atoms with Crippen LogP contribution in [0.15, 0.2) is 18.3 Å². The standard InChI is InChI=1S/C15H24N4O5S/c1-11-9-19(10-12(2)24-11)25(21,22)8-7-17-15(20)18-13-5-4-6-16-14(13)23-3/h4-6,11-12H,7-10H2,1-3H3,(H2,17,18,20). The molecular weight excluding hydrogens is 348 g/mol. The number of carbonyl (C=O) groups is 1. The zero-order valence-corrected chi connectivity index (χ0v) is 15.4. The van der Waals surface area contributed by atoms with Crippen LogP contribution in [0.25, 0.3) is 0 Å². The first-order valence-corrected chi connectivity index (χ1v) is 9.60. The Bertz CT molecular complexity index is 687. The van der Waals surface area contributed by atoms with Gasteiger partial charge in [-0.3, -0.25) is 0 Å². The summed E-state index contributed by atoms with van der Waals surface area (Å²) in [5.41, 5.74) is 0.404. The second-order valence-corrected chi connectivity index (χ2v) is 7.92. The summed E-state index contributed by atoms with van der Waals surface area (Å²) in [5, 5.41) is 5.11. The van der Waals surface area contributed by atoms with Crippen LogP contribution in [-0.2, 0) is 14.8 Å². The summed E-state index contributed by atoms with van der Waals surface area (Å²) in [4.78, 5) is 15.9. The zero-order chi connectivity index (χ0) is 18.4. The number of urea groups is 1. The van der Waals surface area contributed by atoms with Gasteiger partial charge in [-0.25, -0.2) is 18.2 Å². The average Bonchev–Trinajstić information content (AvgIpc) is 2.54. The molecule has 0 bridgehead atoms. The van der Waals surface area contributed by atoms with Crippen LogP contribution < -0.4 is 15.4 Å². The first-order chi connectivity index (χ1) is 11.8. The van der Waals surface area contributed by atoms with Crippen LogP contribution in [0.1, 0.15) is 13.8 Å². The van der Waals surface area contributed by atoms with Gasteiger partial charge >= 0.3 is 6.03 Å². The maximum atomic E-state index is 12.4. The van der Waals surface area contributed by atoms with Crippen molar-refractivity contribution in [3.63, 3.8) is 0 Å². The lowest BCUT2D eigenvalue weighted by Crippen LogP contribution is -2.49. The molecule has 1 aliphatic heterocycles. The van der Waals surface area contributed by atoms with E-state index in [4.69, 9.17) is 9.47 Å². The number of hydrogen-bond acceptors (Lipinski definition) is 6. The number of ether oxygens (including phenoxy) is 2. The number of carbonyl (C=O) groups excluding carboxylic acids is 1. The maximum Gasteiger partial charge on any atom is 0.319 e. The number of amides is 2. The van der Waals surface area contributed by atoms with Crippen molar-refractivity contribution in [2.24, 2.45) is 0 Å². The highest BCUT2D eigenvalue weighted by atomic mass is 32.2. The second-order valence-electron chi connectivity index (χ2n) is 5.83. The van der Waals surface area contributed by atoms with Crippen LogP contribution in [0.2, 0.25) is 0 Å². The molecule has 1 aromatic heterocycles. The Labute approximate surface area is 147 Å². The van der Waals surface area contributed by atoms with Crippen LogP contribution in [0.5, 0.6) is 5.88 Å². The molecule has 0 saturated carbocycles. The van der Waals surface area contributed by atoms with Crippen molar-refractivity contribution in [3.05, 3.63) is 18.3 Å². The quantitative estimate of drug-likeness (QED) is 0.759. The lowest BCUT2D eigenvalue weighted by atomic mass is 10.3. The van der Waals surface area contributed by atoms with E-state index >= 15 is 0 Å². The summed E-state index contributed by atoms with van der Waals surface area (Å²) in [6, 6.07) is 2.77. The third-order valence-electron chi connectivity index (χ3n) is 3.64. The van der Waals surface area contributed by atoms with E-state index in [1.165, 1.54) is 11.4 Å². The number of pyridine rings is 1. The van der Waals surface area contributed by atoms with Crippen LogP contribution in [-0.4, -0.2) is 68.4 Å². The molecule has 2 heterocycles. The van der Waals surface area contributed by atoms with Crippen LogP contribution in [0.3, 0.4) is 0 Å². The fraction of sp³-hybridized carbons (Fsp3) is 0.600. The van der Waals surface area contributed by atoms with Gasteiger partial charge in [0, 0.05) is 25.8 Å². The third-order valence-corrected chi connectivity index (χ3v) is 5.44. The Morgan fingerprint density at radius 2 is 2.08 bits per heavy atom. The lowest BCUT2D eigenvalue weighted by molar-refractivity contribution is -0.0440. The Morgan fingerprint density at radius 3 is 2.72 bits per heavy atom. The van der Waals surface area contributed by atoms with Gasteiger partial charge in [-0.1, -0.05) is 0 Å². The van der Waals surface area contributed by atoms with E-state index in [0.717, 1.165) is 0 Å². The van der Waals surface area contributed by atoms with E-state index < -0.39 is 16.1 Å². The number of sulfonamides is 1. The van der Waals surface area contributed by atoms with Crippen molar-refractivity contribution in [1.29, 1.82) is 0 Å². The highest BCUT2D eigenvalue weighted by Crippen LogP contribution is 2.19. The lowest BCUT2D eigenvalue weighted by Gasteiger charge is -2.34. The van der Waals surface area contributed by atoms with Crippen LogP contribution >= 0.6 is 0 Å². The topological polar surface area (TPSA) is 110 Å². The van der Waals surface area contributed by atoms with Gasteiger partial charge in [0.25, 0.3) is 0 Å². The summed E-state index contributed by atoms with van der Waals surface area (Å²) in [6.45, 7) is 4.32. The molecule has 10 heteroatoms. The van der Waals surface area contributed by atoms with E-state index in [2.05, 4.69) is 15.6 Å². The predicted molar refractivity (Wildman–Crippen MR) is 93.2 cm³/mol. The number of hydrogen-bond donors (Lipinski definition) is 2. The molecule has 2 atom stereocenters. The molecule has 1 saturated heterocycles. The smallest absolute Gasteiger partial charge is 0.319 e. The number of rotatable bonds is 6. The Kier molecular flexibility index (Phi) is 6.57. The number of nitrogens with zero attached hydrogens (tertiary/aromatic N) is 2. The number of morpholine rings is 1. The van der Waals surface area contributed by atoms with Crippen molar-refractivity contribution >= 4 is 21.7 Å². The number of aromatic nitrogens is 1. The van der Waals surface area contributed by atoms with Crippen molar-refractivity contribution in [2.45, 2.75) is 26.1 Å². The van der Waals surface area contributed by atoms with Crippen molar-refractivity contribution in [1.82, 2.24) is 14.6 Å². The number of anilines is 1. The highest BCUT2D eigenvalue weighted by Gasteiger charge is 2.30. The largest absolute Gasteiger partial charge is 0.480 e. The molecule has 1 aliphatic rings. The van der Waals surface area contributed by atoms with Crippen molar-refractivity contribution in [3.8, 4) is 5.88 Å². The monoisotopic (exact) mass is 372 g/mol. The van der Waals surface area contributed by atoms with E-state index in [9.17, 15) is 13.2 Å². The molecule has 0 spiro atoms. The summed E-state index contributed by atoms with van der Waals surface area (Å²) in [7, 11) is -2.01. The fourth-order valence-electron chi connectivity index (χ4n) is 2.60. The van der Waals surface area contributed by atoms with Gasteiger partial charge in [0.1, 0.15) is 5.69 Å². The Morgan fingerprint density at radius 1 is 1.40 bits per heavy atom. The first kappa shape index (κ1) is 19.4. The minimum absolute atomic E-state index is 0.00311. The Balaban J connectivity index is 1.84. The van der Waals surface area contributed by atoms with Crippen LogP contribution in [0.4, 0.5) is 10.5 Å². The van der Waals surface area contributed by atoms with Crippen molar-refractivity contribution in [2.75, 3.05) is 37.8 Å². The minimum atomic E-state index is -3.46. The van der Waals surface area contributed by atoms with E-state index in [1.54, 1.807) is 18.3 Å². The molecule has 2 rings (SSSR count). The van der Waals surface area contributed by atoms with Crippen molar-refractivity contribution < 1.29 is 22.7 Å². The molecular formula is C15H24N4O5S. The summed E-state index contributed by atoms with van der Waals surface area (Å²) >= 11 is 0. The molecule has 2 amide bonds. The molecule has 1 aromatic rings. The second kappa shape index (κ2) is 8.45. The normalized spacial score (nSPS) is 21.6. The average molecular weight is 372 g/mol. The number of nitrogens with one attached hydrogen (secondary N) is 2. The van der Waals surface area contributed by atoms with E-state index in [1.807, 2.05) is 13.8 Å². The van der Waals surface area contributed by atoms with Gasteiger partial charge in [0.05, 0.1) is 25.1 Å². The zero-order valence-electron chi connectivity index (χ0n) is 14.6. The third kappa shape index (κ3) is 5.55. The van der Waals surface area contributed by atoms with Gasteiger partial charge in [-0.15, -0.1) is 0 Å². The van der Waals surface area contributed by atoms with E-state index in [-0.39, 0.29) is 30.4 Å². The summed E-state index contributed by atoms with van der Waals surface area (Å²) < 4.78 is 36.8. The highest BCUT2D eigenvalue weighted by molar-refractivity contribution is 7.89. The molecule has 25 heavy (non-hydrogen) atoms. The minimum Gasteiger partial charge on any atom is -0.480 e. The maximum absolute atomic E-state index is 12.4. The molecule has 0 radical (unpaired) electrons. The fourth-order valence-corrected chi connectivity index (χ4v) is 4.09.